The Hall–Kier alpha value is -0.890. The number of aromatic nitrogens is 1. The van der Waals surface area contributed by atoms with Crippen LogP contribution in [0.4, 0.5) is 10.5 Å². The Labute approximate surface area is 94.8 Å². The minimum absolute atomic E-state index is 0.284. The molecule has 14 heavy (non-hydrogen) atoms. The summed E-state index contributed by atoms with van der Waals surface area (Å²) < 4.78 is 5.21. The highest BCUT2D eigenvalue weighted by Gasteiger charge is 2.14. The molecule has 0 aliphatic rings. The molecule has 0 saturated carbocycles. The molecule has 1 N–H and O–H groups in total. The first-order valence-electron chi connectivity index (χ1n) is 3.75. The molecule has 1 heterocycles. The van der Waals surface area contributed by atoms with E-state index in [1.54, 1.807) is 6.07 Å². The van der Waals surface area contributed by atoms with Gasteiger partial charge >= 0.3 is 6.09 Å². The number of hydrogen-bond donors (Lipinski definition) is 1. The van der Waals surface area contributed by atoms with Gasteiger partial charge in [0.2, 0.25) is 0 Å². The maximum atomic E-state index is 10.9. The van der Waals surface area contributed by atoms with Gasteiger partial charge in [-0.15, -0.1) is 0 Å². The normalized spacial score (nSPS) is 9.71. The quantitative estimate of drug-likeness (QED) is 0.489. The van der Waals surface area contributed by atoms with Crippen LogP contribution >= 0.6 is 22.6 Å². The number of halogens is 1. The van der Waals surface area contributed by atoms with Crippen LogP contribution < -0.4 is 5.06 Å². The number of aryl methyl sites for hydroxylation is 1. The zero-order chi connectivity index (χ0) is 10.7. The maximum absolute atomic E-state index is 10.9. The van der Waals surface area contributed by atoms with E-state index in [0.717, 1.165) is 9.26 Å². The lowest BCUT2D eigenvalue weighted by atomic mass is 10.3. The van der Waals surface area contributed by atoms with Crippen molar-refractivity contribution in [3.63, 3.8) is 0 Å². The minimum atomic E-state index is -0.841. The van der Waals surface area contributed by atoms with Gasteiger partial charge in [0.1, 0.15) is 0 Å². The molecular weight excluding hydrogens is 299 g/mol. The van der Waals surface area contributed by atoms with Crippen LogP contribution in [0.3, 0.4) is 0 Å². The molecule has 1 amide bonds. The predicted molar refractivity (Wildman–Crippen MR) is 58.4 cm³/mol. The third-order valence-electron chi connectivity index (χ3n) is 1.60. The molecule has 0 aromatic carbocycles. The van der Waals surface area contributed by atoms with Crippen LogP contribution in [0.25, 0.3) is 0 Å². The lowest BCUT2D eigenvalue weighted by Gasteiger charge is -2.13. The third-order valence-corrected chi connectivity index (χ3v) is 2.69. The molecule has 1 rings (SSSR count). The van der Waals surface area contributed by atoms with Gasteiger partial charge in [0.15, 0.2) is 0 Å². The summed E-state index contributed by atoms with van der Waals surface area (Å²) >= 11 is 2.07. The zero-order valence-corrected chi connectivity index (χ0v) is 9.85. The first-order chi connectivity index (χ1) is 6.56. The number of anilines is 1. The number of ether oxygens (including phenoxy) is 1. The Kier molecular flexibility index (Phi) is 3.64. The molecule has 0 radical (unpaired) electrons. The number of methoxy groups -OCH3 is 1. The average molecular weight is 308 g/mol. The Balaban J connectivity index is 2.96. The van der Waals surface area contributed by atoms with Crippen LogP contribution in [0.1, 0.15) is 5.69 Å². The van der Waals surface area contributed by atoms with E-state index >= 15 is 0 Å². The van der Waals surface area contributed by atoms with Crippen molar-refractivity contribution in [2.45, 2.75) is 6.92 Å². The van der Waals surface area contributed by atoms with Crippen molar-refractivity contribution >= 4 is 34.4 Å². The molecule has 0 aliphatic carbocycles. The molecule has 6 heteroatoms. The SMILES string of the molecule is COC(=O)N(O)c1cnc(C)c(I)c1. The standard InChI is InChI=1S/C8H9IN2O3/c1-5-7(9)3-6(4-10-5)11(13)8(12)14-2/h3-4,13H,1-2H3. The van der Waals surface area contributed by atoms with Crippen molar-refractivity contribution in [1.29, 1.82) is 0 Å². The van der Waals surface area contributed by atoms with Crippen molar-refractivity contribution in [2.75, 3.05) is 12.2 Å². The van der Waals surface area contributed by atoms with Crippen molar-refractivity contribution in [3.8, 4) is 0 Å². The van der Waals surface area contributed by atoms with E-state index in [1.807, 2.05) is 6.92 Å². The number of rotatable bonds is 1. The molecule has 0 saturated heterocycles. The molecule has 0 spiro atoms. The first kappa shape index (κ1) is 11.2. The molecular formula is C8H9IN2O3. The summed E-state index contributed by atoms with van der Waals surface area (Å²) in [5.74, 6) is 0. The highest BCUT2D eigenvalue weighted by atomic mass is 127. The number of hydrogen-bond acceptors (Lipinski definition) is 4. The van der Waals surface area contributed by atoms with E-state index in [1.165, 1.54) is 13.3 Å². The Morgan fingerprint density at radius 3 is 2.86 bits per heavy atom. The van der Waals surface area contributed by atoms with E-state index in [4.69, 9.17) is 0 Å². The lowest BCUT2D eigenvalue weighted by Crippen LogP contribution is -2.26. The van der Waals surface area contributed by atoms with Crippen LogP contribution in [0.15, 0.2) is 12.3 Å². The fourth-order valence-corrected chi connectivity index (χ4v) is 1.26. The van der Waals surface area contributed by atoms with Gasteiger partial charge in [0.05, 0.1) is 24.7 Å². The van der Waals surface area contributed by atoms with Gasteiger partial charge in [-0.05, 0) is 35.6 Å². The van der Waals surface area contributed by atoms with Crippen LogP contribution in [0.5, 0.6) is 0 Å². The Morgan fingerprint density at radius 1 is 1.71 bits per heavy atom. The molecule has 0 bridgehead atoms. The fraction of sp³-hybridized carbons (Fsp3) is 0.250. The van der Waals surface area contributed by atoms with Crippen molar-refractivity contribution in [2.24, 2.45) is 0 Å². The summed E-state index contributed by atoms with van der Waals surface area (Å²) in [5, 5.41) is 9.73. The highest BCUT2D eigenvalue weighted by Crippen LogP contribution is 2.17. The number of nitrogens with zero attached hydrogens (tertiary/aromatic N) is 2. The number of carbonyl (C=O) groups is 1. The van der Waals surface area contributed by atoms with Crippen LogP contribution in [0.2, 0.25) is 0 Å². The third kappa shape index (κ3) is 2.32. The predicted octanol–water partition coefficient (Wildman–Crippen LogP) is 1.96. The number of amides is 1. The van der Waals surface area contributed by atoms with E-state index in [-0.39, 0.29) is 5.69 Å². The average Bonchev–Trinajstić information content (AvgIpc) is 2.20. The maximum Gasteiger partial charge on any atom is 0.438 e. The largest absolute Gasteiger partial charge is 0.451 e. The topological polar surface area (TPSA) is 62.7 Å². The monoisotopic (exact) mass is 308 g/mol. The summed E-state index contributed by atoms with van der Waals surface area (Å²) in [6, 6.07) is 1.64. The first-order valence-corrected chi connectivity index (χ1v) is 4.83. The molecule has 0 unspecified atom stereocenters. The van der Waals surface area contributed by atoms with Gasteiger partial charge in [-0.2, -0.15) is 5.06 Å². The van der Waals surface area contributed by atoms with Crippen LogP contribution in [-0.4, -0.2) is 23.4 Å². The van der Waals surface area contributed by atoms with Gasteiger partial charge in [-0.3, -0.25) is 10.2 Å². The number of hydroxylamine groups is 1. The zero-order valence-electron chi connectivity index (χ0n) is 7.69. The summed E-state index contributed by atoms with van der Waals surface area (Å²) in [6.45, 7) is 1.84. The molecule has 1 aromatic rings. The lowest BCUT2D eigenvalue weighted by molar-refractivity contribution is 0.141. The van der Waals surface area contributed by atoms with Crippen molar-refractivity contribution in [1.82, 2.24) is 4.98 Å². The Bertz CT molecular complexity index is 356. The second-order valence-electron chi connectivity index (χ2n) is 2.54. The van der Waals surface area contributed by atoms with E-state index in [2.05, 4.69) is 32.3 Å². The number of pyridine rings is 1. The van der Waals surface area contributed by atoms with Crippen LogP contribution in [0, 0.1) is 10.5 Å². The summed E-state index contributed by atoms with van der Waals surface area (Å²) in [4.78, 5) is 14.9. The molecule has 0 fully saturated rings. The van der Waals surface area contributed by atoms with Gasteiger partial charge in [0.25, 0.3) is 0 Å². The fourth-order valence-electron chi connectivity index (χ4n) is 0.804. The minimum Gasteiger partial charge on any atom is -0.451 e. The highest BCUT2D eigenvalue weighted by molar-refractivity contribution is 14.1. The molecule has 0 atom stereocenters. The second kappa shape index (κ2) is 4.56. The van der Waals surface area contributed by atoms with Crippen molar-refractivity contribution in [3.05, 3.63) is 21.5 Å². The van der Waals surface area contributed by atoms with Crippen LogP contribution in [-0.2, 0) is 4.74 Å². The molecule has 0 aliphatic heterocycles. The molecule has 76 valence electrons. The van der Waals surface area contributed by atoms with Gasteiger partial charge in [-0.1, -0.05) is 0 Å². The second-order valence-corrected chi connectivity index (χ2v) is 3.70. The molecule has 5 nitrogen and oxygen atoms in total. The van der Waals surface area contributed by atoms with Gasteiger partial charge < -0.3 is 4.74 Å². The summed E-state index contributed by atoms with van der Waals surface area (Å²) in [6.07, 6.45) is 0.556. The van der Waals surface area contributed by atoms with E-state index in [9.17, 15) is 10.0 Å². The van der Waals surface area contributed by atoms with E-state index in [0.29, 0.717) is 5.06 Å². The van der Waals surface area contributed by atoms with Gasteiger partial charge in [-0.25, -0.2) is 4.79 Å². The summed E-state index contributed by atoms with van der Waals surface area (Å²) in [5.41, 5.74) is 1.12. The van der Waals surface area contributed by atoms with E-state index < -0.39 is 6.09 Å². The van der Waals surface area contributed by atoms with Gasteiger partial charge in [0, 0.05) is 3.57 Å². The Morgan fingerprint density at radius 2 is 2.36 bits per heavy atom. The smallest absolute Gasteiger partial charge is 0.438 e. The van der Waals surface area contributed by atoms with Crippen molar-refractivity contribution < 1.29 is 14.7 Å². The number of carbonyl (C=O) groups excluding carboxylic acids is 1. The molecule has 1 aromatic heterocycles. The summed E-state index contributed by atoms with van der Waals surface area (Å²) in [7, 11) is 1.19.